The van der Waals surface area contributed by atoms with Gasteiger partial charge in [0.25, 0.3) is 0 Å². The van der Waals surface area contributed by atoms with E-state index in [-0.39, 0.29) is 24.3 Å². The third kappa shape index (κ3) is 5.92. The predicted molar refractivity (Wildman–Crippen MR) is 153 cm³/mol. The van der Waals surface area contributed by atoms with Gasteiger partial charge in [-0.1, -0.05) is 29.8 Å². The predicted octanol–water partition coefficient (Wildman–Crippen LogP) is 6.71. The lowest BCUT2D eigenvalue weighted by molar-refractivity contribution is 0.240. The minimum atomic E-state index is -0.295. The molecule has 0 radical (unpaired) electrons. The molecule has 1 N–H and O–H groups in total. The van der Waals surface area contributed by atoms with E-state index in [1.807, 2.05) is 36.4 Å². The highest BCUT2D eigenvalue weighted by Crippen LogP contribution is 2.32. The van der Waals surface area contributed by atoms with E-state index >= 15 is 0 Å². The molecule has 0 aliphatic carbocycles. The number of benzene rings is 2. The number of nitrogens with one attached hydrogen (secondary N) is 1. The molecule has 1 amide bonds. The van der Waals surface area contributed by atoms with Gasteiger partial charge in [0, 0.05) is 49.9 Å². The summed E-state index contributed by atoms with van der Waals surface area (Å²) in [7, 11) is 0. The fraction of sp³-hybridized carbons (Fsp3) is 0.179. The highest BCUT2D eigenvalue weighted by molar-refractivity contribution is 9.10. The van der Waals surface area contributed by atoms with Crippen LogP contribution >= 0.6 is 39.9 Å². The summed E-state index contributed by atoms with van der Waals surface area (Å²) in [5.41, 5.74) is 4.97. The molecule has 1 aliphatic rings. The van der Waals surface area contributed by atoms with Gasteiger partial charge in [0.15, 0.2) is 0 Å². The summed E-state index contributed by atoms with van der Waals surface area (Å²) in [6.45, 7) is 2.40. The van der Waals surface area contributed by atoms with E-state index in [4.69, 9.17) is 11.6 Å². The van der Waals surface area contributed by atoms with Crippen LogP contribution in [0.5, 0.6) is 0 Å². The SMILES string of the molecule is Cl.N#Cc1ccc2c(c1)c1c(n2C(=O)NCc2ccnc(Cl)c2)CCN(C/C=C/c2ccc(Br)c(F)c2)C1. The van der Waals surface area contributed by atoms with Gasteiger partial charge in [0.1, 0.15) is 11.0 Å². The van der Waals surface area contributed by atoms with Crippen molar-refractivity contribution in [3.05, 3.63) is 104 Å². The van der Waals surface area contributed by atoms with Gasteiger partial charge >= 0.3 is 6.03 Å². The molecule has 2 aromatic carbocycles. The van der Waals surface area contributed by atoms with E-state index < -0.39 is 0 Å². The maximum atomic E-state index is 13.8. The minimum Gasteiger partial charge on any atom is -0.333 e. The van der Waals surface area contributed by atoms with E-state index in [1.165, 1.54) is 6.07 Å². The number of nitrogens with zero attached hydrogens (tertiary/aromatic N) is 4. The maximum Gasteiger partial charge on any atom is 0.326 e. The second-order valence-corrected chi connectivity index (χ2v) is 10.1. The number of carbonyl (C=O) groups is 1. The van der Waals surface area contributed by atoms with Crippen molar-refractivity contribution in [3.63, 3.8) is 0 Å². The Hall–Kier alpha value is -3.22. The molecular formula is C28H23BrCl2FN5O. The summed E-state index contributed by atoms with van der Waals surface area (Å²) in [5.74, 6) is -0.295. The molecule has 10 heteroatoms. The summed E-state index contributed by atoms with van der Waals surface area (Å²) in [5, 5.41) is 13.7. The number of halogens is 4. The zero-order chi connectivity index (χ0) is 25.9. The van der Waals surface area contributed by atoms with E-state index in [0.717, 1.165) is 39.8 Å². The van der Waals surface area contributed by atoms with Crippen molar-refractivity contribution in [1.29, 1.82) is 5.26 Å². The van der Waals surface area contributed by atoms with Gasteiger partial charge in [-0.25, -0.2) is 14.2 Å². The van der Waals surface area contributed by atoms with Gasteiger partial charge in [0.05, 0.1) is 21.6 Å². The Morgan fingerprint density at radius 2 is 2.08 bits per heavy atom. The summed E-state index contributed by atoms with van der Waals surface area (Å²) in [6, 6.07) is 16.0. The lowest BCUT2D eigenvalue weighted by Crippen LogP contribution is -2.34. The molecule has 0 saturated heterocycles. The molecule has 38 heavy (non-hydrogen) atoms. The first kappa shape index (κ1) is 27.8. The van der Waals surface area contributed by atoms with Crippen LogP contribution in [0.4, 0.5) is 9.18 Å². The first-order chi connectivity index (χ1) is 17.9. The molecule has 0 unspecified atom stereocenters. The third-order valence-electron chi connectivity index (χ3n) is 6.41. The van der Waals surface area contributed by atoms with E-state index in [9.17, 15) is 14.4 Å². The molecule has 0 fully saturated rings. The largest absolute Gasteiger partial charge is 0.333 e. The van der Waals surface area contributed by atoms with Crippen LogP contribution in [0.25, 0.3) is 17.0 Å². The number of nitriles is 1. The van der Waals surface area contributed by atoms with Gasteiger partial charge in [0.2, 0.25) is 0 Å². The Morgan fingerprint density at radius 3 is 2.84 bits per heavy atom. The fourth-order valence-corrected chi connectivity index (χ4v) is 5.08. The van der Waals surface area contributed by atoms with Crippen LogP contribution < -0.4 is 5.32 Å². The van der Waals surface area contributed by atoms with Gasteiger partial charge in [-0.15, -0.1) is 12.4 Å². The molecule has 0 atom stereocenters. The van der Waals surface area contributed by atoms with Crippen LogP contribution in [0, 0.1) is 17.1 Å². The molecule has 0 saturated carbocycles. The lowest BCUT2D eigenvalue weighted by atomic mass is 10.0. The maximum absolute atomic E-state index is 13.8. The van der Waals surface area contributed by atoms with Gasteiger partial charge < -0.3 is 5.32 Å². The van der Waals surface area contributed by atoms with Crippen molar-refractivity contribution in [3.8, 4) is 6.07 Å². The van der Waals surface area contributed by atoms with Gasteiger partial charge in [-0.05, 0) is 75.1 Å². The van der Waals surface area contributed by atoms with E-state index in [1.54, 1.807) is 29.0 Å². The average molecular weight is 615 g/mol. The normalized spacial score (nSPS) is 13.2. The second kappa shape index (κ2) is 12.1. The Morgan fingerprint density at radius 1 is 1.24 bits per heavy atom. The first-order valence-corrected chi connectivity index (χ1v) is 12.9. The van der Waals surface area contributed by atoms with Crippen LogP contribution in [0.2, 0.25) is 5.15 Å². The zero-order valence-electron chi connectivity index (χ0n) is 20.1. The zero-order valence-corrected chi connectivity index (χ0v) is 23.3. The number of hydrogen-bond acceptors (Lipinski definition) is 4. The van der Waals surface area contributed by atoms with Crippen LogP contribution in [0.15, 0.2) is 65.3 Å². The second-order valence-electron chi connectivity index (χ2n) is 8.81. The van der Waals surface area contributed by atoms with Crippen molar-refractivity contribution in [2.24, 2.45) is 0 Å². The molecule has 4 aromatic rings. The van der Waals surface area contributed by atoms with Crippen LogP contribution in [0.3, 0.4) is 0 Å². The lowest BCUT2D eigenvalue weighted by Gasteiger charge is -2.27. The molecular weight excluding hydrogens is 592 g/mol. The molecule has 2 aromatic heterocycles. The minimum absolute atomic E-state index is 0. The standard InChI is InChI=1S/C28H22BrClFN5O.ClH/c29-23-5-3-18(13-24(23)31)2-1-10-35-11-8-26-22(17-35)21-12-19(15-32)4-6-25(21)36(26)28(37)34-16-20-7-9-33-27(30)14-20;/h1-7,9,12-14H,8,10-11,16-17H2,(H,34,37);1H/b2-1+;. The van der Waals surface area contributed by atoms with Crippen LogP contribution in [-0.2, 0) is 19.5 Å². The van der Waals surface area contributed by atoms with E-state index in [0.29, 0.717) is 41.2 Å². The monoisotopic (exact) mass is 613 g/mol. The summed E-state index contributed by atoms with van der Waals surface area (Å²) >= 11 is 9.15. The van der Waals surface area contributed by atoms with Crippen LogP contribution in [0.1, 0.15) is 27.9 Å². The summed E-state index contributed by atoms with van der Waals surface area (Å²) in [6.07, 6.45) is 6.21. The summed E-state index contributed by atoms with van der Waals surface area (Å²) < 4.78 is 16.0. The quantitative estimate of drug-likeness (QED) is 0.253. The topological polar surface area (TPSA) is 74.0 Å². The smallest absolute Gasteiger partial charge is 0.326 e. The Bertz CT molecular complexity index is 1580. The van der Waals surface area contributed by atoms with Crippen molar-refractivity contribution in [2.75, 3.05) is 13.1 Å². The highest BCUT2D eigenvalue weighted by atomic mass is 79.9. The molecule has 5 rings (SSSR count). The number of pyridine rings is 1. The molecule has 1 aliphatic heterocycles. The number of amides is 1. The molecule has 0 bridgehead atoms. The highest BCUT2D eigenvalue weighted by Gasteiger charge is 2.26. The molecule has 6 nitrogen and oxygen atoms in total. The van der Waals surface area contributed by atoms with Crippen molar-refractivity contribution < 1.29 is 9.18 Å². The third-order valence-corrected chi connectivity index (χ3v) is 7.26. The van der Waals surface area contributed by atoms with Gasteiger partial charge in [-0.3, -0.25) is 9.47 Å². The average Bonchev–Trinajstić information content (AvgIpc) is 3.22. The van der Waals surface area contributed by atoms with Gasteiger partial charge in [-0.2, -0.15) is 5.26 Å². The van der Waals surface area contributed by atoms with Crippen molar-refractivity contribution in [2.45, 2.75) is 19.5 Å². The number of rotatable bonds is 5. The first-order valence-electron chi connectivity index (χ1n) is 11.7. The van der Waals surface area contributed by atoms with Crippen LogP contribution in [-0.4, -0.2) is 33.6 Å². The van der Waals surface area contributed by atoms with Crippen molar-refractivity contribution >= 4 is 62.9 Å². The number of aromatic nitrogens is 2. The number of carbonyl (C=O) groups excluding carboxylic acids is 1. The van der Waals surface area contributed by atoms with E-state index in [2.05, 4.69) is 37.2 Å². The molecule has 3 heterocycles. The Balaban J connectivity index is 0.00000336. The number of fused-ring (bicyclic) bond motifs is 3. The molecule has 0 spiro atoms. The number of hydrogen-bond donors (Lipinski definition) is 1. The molecule has 194 valence electrons. The fourth-order valence-electron chi connectivity index (χ4n) is 4.63. The van der Waals surface area contributed by atoms with Crippen molar-refractivity contribution in [1.82, 2.24) is 19.8 Å². The summed E-state index contributed by atoms with van der Waals surface area (Å²) in [4.78, 5) is 19.6. The Labute approximate surface area is 239 Å². The Kier molecular flexibility index (Phi) is 8.85.